The van der Waals surface area contributed by atoms with E-state index >= 15 is 0 Å². The lowest BCUT2D eigenvalue weighted by Gasteiger charge is -1.83. The van der Waals surface area contributed by atoms with Gasteiger partial charge in [0, 0.05) is 0 Å². The van der Waals surface area contributed by atoms with E-state index in [-0.39, 0.29) is 0 Å². The van der Waals surface area contributed by atoms with Crippen molar-refractivity contribution >= 4 is 0 Å². The Morgan fingerprint density at radius 3 is 2.29 bits per heavy atom. The first-order valence-corrected chi connectivity index (χ1v) is 2.60. The van der Waals surface area contributed by atoms with Crippen LogP contribution in [0.25, 0.3) is 0 Å². The zero-order valence-corrected chi connectivity index (χ0v) is 5.12. The monoisotopic (exact) mass is 96.1 g/mol. The van der Waals surface area contributed by atoms with Crippen LogP contribution in [-0.4, -0.2) is 0 Å². The zero-order valence-electron chi connectivity index (χ0n) is 5.12. The average molecular weight is 96.2 g/mol. The highest BCUT2D eigenvalue weighted by Crippen LogP contribution is 1.92. The van der Waals surface area contributed by atoms with E-state index in [4.69, 9.17) is 0 Å². The first-order valence-electron chi connectivity index (χ1n) is 2.60. The Bertz CT molecular complexity index is 56.4. The van der Waals surface area contributed by atoms with E-state index in [0.717, 1.165) is 12.8 Å². The van der Waals surface area contributed by atoms with E-state index in [1.54, 1.807) is 0 Å². The SMILES string of the molecule is [CH2]CC[C]=C(C)C. The summed E-state index contributed by atoms with van der Waals surface area (Å²) < 4.78 is 0. The fraction of sp³-hybridized carbons (Fsp3) is 0.571. The van der Waals surface area contributed by atoms with Gasteiger partial charge >= 0.3 is 0 Å². The Hall–Kier alpha value is -0.260. The van der Waals surface area contributed by atoms with Crippen LogP contribution >= 0.6 is 0 Å². The van der Waals surface area contributed by atoms with Crippen molar-refractivity contribution in [1.29, 1.82) is 0 Å². The third-order valence-corrected chi connectivity index (χ3v) is 0.655. The van der Waals surface area contributed by atoms with Crippen LogP contribution in [0.1, 0.15) is 26.7 Å². The normalized spacial score (nSPS) is 8.43. The summed E-state index contributed by atoms with van der Waals surface area (Å²) in [7, 11) is 0. The van der Waals surface area contributed by atoms with Crippen molar-refractivity contribution in [3.8, 4) is 0 Å². The van der Waals surface area contributed by atoms with Gasteiger partial charge in [-0.1, -0.05) is 12.5 Å². The number of unbranched alkanes of at least 4 members (excludes halogenated alkanes) is 1. The van der Waals surface area contributed by atoms with Crippen molar-refractivity contribution < 1.29 is 0 Å². The van der Waals surface area contributed by atoms with Gasteiger partial charge in [0.05, 0.1) is 0 Å². The lowest BCUT2D eigenvalue weighted by Crippen LogP contribution is -1.65. The molecule has 0 heteroatoms. The first kappa shape index (κ1) is 6.74. The van der Waals surface area contributed by atoms with Gasteiger partial charge in [-0.3, -0.25) is 0 Å². The third-order valence-electron chi connectivity index (χ3n) is 0.655. The van der Waals surface area contributed by atoms with E-state index in [2.05, 4.69) is 26.8 Å². The largest absolute Gasteiger partial charge is 0.0730 e. The maximum atomic E-state index is 3.68. The Labute approximate surface area is 46.2 Å². The average Bonchev–Trinajstić information content (AvgIpc) is 1.61. The van der Waals surface area contributed by atoms with Crippen LogP contribution in [0.15, 0.2) is 5.57 Å². The fourth-order valence-electron chi connectivity index (χ4n) is 0.338. The molecule has 0 unspecified atom stereocenters. The Morgan fingerprint density at radius 2 is 2.14 bits per heavy atom. The summed E-state index contributed by atoms with van der Waals surface area (Å²) in [6.45, 7) is 7.78. The summed E-state index contributed by atoms with van der Waals surface area (Å²) in [4.78, 5) is 0. The maximum Gasteiger partial charge on any atom is -0.0277 e. The highest BCUT2D eigenvalue weighted by Gasteiger charge is 1.74. The van der Waals surface area contributed by atoms with Crippen molar-refractivity contribution in [2.24, 2.45) is 0 Å². The standard InChI is InChI=1S/C7H12/c1-4-5-6-7(2)3/h1,4-5H2,2-3H3. The highest BCUT2D eigenvalue weighted by atomic mass is 13.8. The van der Waals surface area contributed by atoms with Crippen LogP contribution in [0.4, 0.5) is 0 Å². The molecule has 0 aromatic heterocycles. The van der Waals surface area contributed by atoms with Gasteiger partial charge in [0.25, 0.3) is 0 Å². The predicted molar refractivity (Wildman–Crippen MR) is 32.7 cm³/mol. The lowest BCUT2D eigenvalue weighted by atomic mass is 10.2. The Morgan fingerprint density at radius 1 is 1.57 bits per heavy atom. The summed E-state index contributed by atoms with van der Waals surface area (Å²) in [5.74, 6) is 0. The molecule has 0 saturated heterocycles. The maximum absolute atomic E-state index is 3.68. The summed E-state index contributed by atoms with van der Waals surface area (Å²) >= 11 is 0. The van der Waals surface area contributed by atoms with Gasteiger partial charge in [0.1, 0.15) is 0 Å². The van der Waals surface area contributed by atoms with Crippen molar-refractivity contribution in [3.63, 3.8) is 0 Å². The second-order valence-corrected chi connectivity index (χ2v) is 1.78. The molecule has 0 aromatic carbocycles. The predicted octanol–water partition coefficient (Wildman–Crippen LogP) is 2.37. The molecule has 0 saturated carbocycles. The van der Waals surface area contributed by atoms with Crippen molar-refractivity contribution in [3.05, 3.63) is 18.6 Å². The molecule has 0 N–H and O–H groups in total. The van der Waals surface area contributed by atoms with Crippen molar-refractivity contribution in [1.82, 2.24) is 0 Å². The molecule has 7 heavy (non-hydrogen) atoms. The van der Waals surface area contributed by atoms with Gasteiger partial charge in [0.2, 0.25) is 0 Å². The van der Waals surface area contributed by atoms with Crippen LogP contribution in [0.5, 0.6) is 0 Å². The summed E-state index contributed by atoms with van der Waals surface area (Å²) in [5, 5.41) is 0. The van der Waals surface area contributed by atoms with Crippen LogP contribution in [-0.2, 0) is 0 Å². The van der Waals surface area contributed by atoms with Gasteiger partial charge in [0.15, 0.2) is 0 Å². The number of allylic oxidation sites excluding steroid dienone is 2. The van der Waals surface area contributed by atoms with Gasteiger partial charge in [-0.25, -0.2) is 0 Å². The molecule has 0 aliphatic carbocycles. The van der Waals surface area contributed by atoms with Gasteiger partial charge in [-0.05, 0) is 32.8 Å². The highest BCUT2D eigenvalue weighted by molar-refractivity contribution is 4.85. The van der Waals surface area contributed by atoms with Crippen LogP contribution < -0.4 is 0 Å². The molecule has 2 radical (unpaired) electrons. The summed E-state index contributed by atoms with van der Waals surface area (Å²) in [6, 6.07) is 0. The molecule has 0 spiro atoms. The minimum atomic E-state index is 0.963. The van der Waals surface area contributed by atoms with E-state index in [1.165, 1.54) is 5.57 Å². The quantitative estimate of drug-likeness (QED) is 0.495. The molecule has 0 atom stereocenters. The van der Waals surface area contributed by atoms with E-state index in [9.17, 15) is 0 Å². The first-order chi connectivity index (χ1) is 3.27. The van der Waals surface area contributed by atoms with Gasteiger partial charge in [-0.2, -0.15) is 0 Å². The third kappa shape index (κ3) is 5.74. The lowest BCUT2D eigenvalue weighted by molar-refractivity contribution is 1.00. The van der Waals surface area contributed by atoms with Gasteiger partial charge in [-0.15, -0.1) is 0 Å². The number of hydrogen-bond donors (Lipinski definition) is 0. The molecular formula is C7H12. The van der Waals surface area contributed by atoms with E-state index in [1.807, 2.05) is 0 Å². The van der Waals surface area contributed by atoms with Crippen LogP contribution in [0, 0.1) is 13.0 Å². The molecule has 0 fully saturated rings. The van der Waals surface area contributed by atoms with Crippen molar-refractivity contribution in [2.75, 3.05) is 0 Å². The van der Waals surface area contributed by atoms with Crippen LogP contribution in [0.2, 0.25) is 0 Å². The topological polar surface area (TPSA) is 0 Å². The molecule has 0 nitrogen and oxygen atoms in total. The Kier molecular flexibility index (Phi) is 3.77. The zero-order chi connectivity index (χ0) is 5.70. The van der Waals surface area contributed by atoms with E-state index < -0.39 is 0 Å². The minimum Gasteiger partial charge on any atom is -0.0730 e. The summed E-state index contributed by atoms with van der Waals surface area (Å²) in [6.07, 6.45) is 5.12. The molecule has 0 aliphatic heterocycles. The van der Waals surface area contributed by atoms with Gasteiger partial charge < -0.3 is 0 Å². The smallest absolute Gasteiger partial charge is 0.0277 e. The molecule has 0 aliphatic rings. The fourth-order valence-corrected chi connectivity index (χ4v) is 0.338. The minimum absolute atomic E-state index is 0.963. The number of rotatable bonds is 2. The van der Waals surface area contributed by atoms with E-state index in [0.29, 0.717) is 0 Å². The second-order valence-electron chi connectivity index (χ2n) is 1.78. The molecule has 0 aromatic rings. The molecule has 0 amide bonds. The molecule has 0 rings (SSSR count). The number of hydrogen-bond acceptors (Lipinski definition) is 0. The van der Waals surface area contributed by atoms with Crippen molar-refractivity contribution in [2.45, 2.75) is 26.7 Å². The molecule has 0 heterocycles. The van der Waals surface area contributed by atoms with Crippen LogP contribution in [0.3, 0.4) is 0 Å². The molecule has 40 valence electrons. The second kappa shape index (κ2) is 3.91. The summed E-state index contributed by atoms with van der Waals surface area (Å²) in [5.41, 5.74) is 1.27. The Balaban J connectivity index is 3.08. The molecular weight excluding hydrogens is 84.1 g/mol. The molecule has 0 bridgehead atoms.